The predicted octanol–water partition coefficient (Wildman–Crippen LogP) is 2.14. The van der Waals surface area contributed by atoms with Crippen molar-refractivity contribution in [2.45, 2.75) is 58.5 Å². The summed E-state index contributed by atoms with van der Waals surface area (Å²) in [7, 11) is 0. The van der Waals surface area contributed by atoms with Crippen LogP contribution in [0.3, 0.4) is 0 Å². The Morgan fingerprint density at radius 3 is 2.14 bits per heavy atom. The van der Waals surface area contributed by atoms with Crippen LogP contribution in [0, 0.1) is 5.92 Å². The number of cyclic esters (lactones) is 2. The zero-order chi connectivity index (χ0) is 21.1. The number of alkyl carbamates (subject to hydrolysis) is 1. The molecule has 1 aliphatic heterocycles. The maximum Gasteiger partial charge on any atom is 0.408 e. The van der Waals surface area contributed by atoms with Crippen molar-refractivity contribution in [3.63, 3.8) is 0 Å². The number of nitrogens with one attached hydrogen (secondary N) is 1. The maximum absolute atomic E-state index is 13.0. The van der Waals surface area contributed by atoms with E-state index in [-0.39, 0.29) is 6.42 Å². The largest absolute Gasteiger partial charge is 0.444 e. The van der Waals surface area contributed by atoms with Crippen molar-refractivity contribution in [1.29, 1.82) is 0 Å². The molecule has 0 aliphatic carbocycles. The fourth-order valence-corrected chi connectivity index (χ4v) is 2.68. The smallest absolute Gasteiger partial charge is 0.408 e. The van der Waals surface area contributed by atoms with E-state index in [1.165, 1.54) is 13.8 Å². The van der Waals surface area contributed by atoms with Crippen molar-refractivity contribution in [3.8, 4) is 0 Å². The number of ketones is 1. The highest BCUT2D eigenvalue weighted by Gasteiger charge is 2.49. The first-order valence-corrected chi connectivity index (χ1v) is 8.91. The standard InChI is InChI=1S/C20H25NO7/c1-19(2,3)28-18(25)21-13(11-12-9-7-6-8-10-12)15(22)14-16(23)26-20(4,5)27-17(14)24/h6-10,13-14H,11H2,1-5H3,(H,21,25)/t13-/m1/s1. The van der Waals surface area contributed by atoms with Gasteiger partial charge in [-0.2, -0.15) is 0 Å². The normalized spacial score (nSPS) is 17.9. The molecule has 1 heterocycles. The van der Waals surface area contributed by atoms with Crippen molar-refractivity contribution in [1.82, 2.24) is 5.32 Å². The Morgan fingerprint density at radius 2 is 1.64 bits per heavy atom. The third-order valence-electron chi connectivity index (χ3n) is 3.77. The first kappa shape index (κ1) is 21.4. The molecule has 1 amide bonds. The van der Waals surface area contributed by atoms with Gasteiger partial charge >= 0.3 is 18.0 Å². The lowest BCUT2D eigenvalue weighted by Crippen LogP contribution is -2.55. The molecule has 1 saturated heterocycles. The first-order valence-electron chi connectivity index (χ1n) is 8.91. The molecule has 0 spiro atoms. The number of esters is 2. The molecular weight excluding hydrogens is 366 g/mol. The van der Waals surface area contributed by atoms with E-state index in [0.717, 1.165) is 5.56 Å². The second kappa shape index (κ2) is 8.00. The van der Waals surface area contributed by atoms with Gasteiger partial charge in [0, 0.05) is 13.8 Å². The Hall–Kier alpha value is -2.90. The van der Waals surface area contributed by atoms with E-state index >= 15 is 0 Å². The molecule has 1 aliphatic rings. The predicted molar refractivity (Wildman–Crippen MR) is 98.1 cm³/mol. The molecule has 0 aromatic heterocycles. The Kier molecular flexibility index (Phi) is 6.11. The summed E-state index contributed by atoms with van der Waals surface area (Å²) in [5.41, 5.74) is -0.0493. The van der Waals surface area contributed by atoms with E-state index in [0.29, 0.717) is 0 Å². The molecule has 152 valence electrons. The lowest BCUT2D eigenvalue weighted by Gasteiger charge is -2.33. The molecule has 1 fully saturated rings. The molecule has 1 aromatic rings. The number of carbonyl (C=O) groups excluding carboxylic acids is 4. The summed E-state index contributed by atoms with van der Waals surface area (Å²) >= 11 is 0. The van der Waals surface area contributed by atoms with Gasteiger partial charge in [-0.25, -0.2) is 4.79 Å². The summed E-state index contributed by atoms with van der Waals surface area (Å²) in [5.74, 6) is -6.04. The molecule has 0 unspecified atom stereocenters. The molecule has 0 saturated carbocycles. The number of carbonyl (C=O) groups is 4. The lowest BCUT2D eigenvalue weighted by atomic mass is 9.92. The van der Waals surface area contributed by atoms with Gasteiger partial charge < -0.3 is 19.5 Å². The summed E-state index contributed by atoms with van der Waals surface area (Å²) in [6.45, 7) is 7.82. The minimum Gasteiger partial charge on any atom is -0.444 e. The van der Waals surface area contributed by atoms with E-state index in [9.17, 15) is 19.2 Å². The fraction of sp³-hybridized carbons (Fsp3) is 0.500. The number of amides is 1. The lowest BCUT2D eigenvalue weighted by molar-refractivity contribution is -0.238. The zero-order valence-corrected chi connectivity index (χ0v) is 16.6. The molecule has 1 atom stereocenters. The molecule has 0 bridgehead atoms. The minimum absolute atomic E-state index is 0.0688. The number of benzene rings is 1. The van der Waals surface area contributed by atoms with Crippen LogP contribution in [0.15, 0.2) is 30.3 Å². The van der Waals surface area contributed by atoms with Crippen molar-refractivity contribution in [2.75, 3.05) is 0 Å². The number of hydrogen-bond donors (Lipinski definition) is 1. The number of ether oxygens (including phenoxy) is 3. The van der Waals surface area contributed by atoms with E-state index < -0.39 is 47.2 Å². The molecule has 1 N–H and O–H groups in total. The van der Waals surface area contributed by atoms with Crippen LogP contribution >= 0.6 is 0 Å². The summed E-state index contributed by atoms with van der Waals surface area (Å²) in [6, 6.07) is 7.70. The molecule has 8 nitrogen and oxygen atoms in total. The van der Waals surface area contributed by atoms with Crippen LogP contribution < -0.4 is 5.32 Å². The van der Waals surface area contributed by atoms with Crippen molar-refractivity contribution >= 4 is 23.8 Å². The van der Waals surface area contributed by atoms with Gasteiger partial charge in [-0.15, -0.1) is 0 Å². The zero-order valence-electron chi connectivity index (χ0n) is 16.6. The Balaban J connectivity index is 2.24. The first-order chi connectivity index (χ1) is 12.9. The number of hydrogen-bond acceptors (Lipinski definition) is 7. The number of rotatable bonds is 5. The van der Waals surface area contributed by atoms with E-state index in [4.69, 9.17) is 14.2 Å². The van der Waals surface area contributed by atoms with Gasteiger partial charge in [0.25, 0.3) is 5.79 Å². The van der Waals surface area contributed by atoms with Crippen LogP contribution in [0.4, 0.5) is 4.79 Å². The maximum atomic E-state index is 13.0. The molecule has 28 heavy (non-hydrogen) atoms. The van der Waals surface area contributed by atoms with Gasteiger partial charge in [0.1, 0.15) is 5.60 Å². The molecule has 1 aromatic carbocycles. The summed E-state index contributed by atoms with van der Waals surface area (Å²) in [5, 5.41) is 2.45. The summed E-state index contributed by atoms with van der Waals surface area (Å²) in [6.07, 6.45) is -0.765. The van der Waals surface area contributed by atoms with E-state index in [1.807, 2.05) is 0 Å². The van der Waals surface area contributed by atoms with Crippen LogP contribution in [0.2, 0.25) is 0 Å². The molecule has 2 rings (SSSR count). The third kappa shape index (κ3) is 5.80. The fourth-order valence-electron chi connectivity index (χ4n) is 2.68. The second-order valence-electron chi connectivity index (χ2n) is 7.97. The molecule has 8 heteroatoms. The Labute approximate surface area is 163 Å². The van der Waals surface area contributed by atoms with Crippen LogP contribution in [0.25, 0.3) is 0 Å². The van der Waals surface area contributed by atoms with Gasteiger partial charge in [-0.3, -0.25) is 14.4 Å². The molecular formula is C20H25NO7. The van der Waals surface area contributed by atoms with Crippen molar-refractivity contribution < 1.29 is 33.4 Å². The average molecular weight is 391 g/mol. The van der Waals surface area contributed by atoms with Gasteiger partial charge in [0.2, 0.25) is 5.92 Å². The Morgan fingerprint density at radius 1 is 1.11 bits per heavy atom. The van der Waals surface area contributed by atoms with Crippen LogP contribution in [0.1, 0.15) is 40.2 Å². The van der Waals surface area contributed by atoms with Gasteiger partial charge in [0.05, 0.1) is 6.04 Å². The second-order valence-corrected chi connectivity index (χ2v) is 7.97. The van der Waals surface area contributed by atoms with E-state index in [1.54, 1.807) is 51.1 Å². The topological polar surface area (TPSA) is 108 Å². The minimum atomic E-state index is -1.77. The highest BCUT2D eigenvalue weighted by molar-refractivity contribution is 6.17. The number of Topliss-reactive ketones (excluding diaryl/α,β-unsaturated/α-hetero) is 1. The van der Waals surface area contributed by atoms with Crippen molar-refractivity contribution in [3.05, 3.63) is 35.9 Å². The van der Waals surface area contributed by atoms with Gasteiger partial charge in [-0.1, -0.05) is 30.3 Å². The van der Waals surface area contributed by atoms with Crippen molar-refractivity contribution in [2.24, 2.45) is 5.92 Å². The third-order valence-corrected chi connectivity index (χ3v) is 3.77. The van der Waals surface area contributed by atoms with E-state index in [2.05, 4.69) is 5.32 Å². The quantitative estimate of drug-likeness (QED) is 0.605. The van der Waals surface area contributed by atoms with Gasteiger partial charge in [-0.05, 0) is 32.8 Å². The average Bonchev–Trinajstić information content (AvgIpc) is 2.51. The monoisotopic (exact) mass is 391 g/mol. The summed E-state index contributed by atoms with van der Waals surface area (Å²) in [4.78, 5) is 49.6. The highest BCUT2D eigenvalue weighted by Crippen LogP contribution is 2.25. The highest BCUT2D eigenvalue weighted by atomic mass is 16.7. The Bertz CT molecular complexity index is 745. The van der Waals surface area contributed by atoms with Gasteiger partial charge in [0.15, 0.2) is 5.78 Å². The van der Waals surface area contributed by atoms with Crippen LogP contribution in [0.5, 0.6) is 0 Å². The SMILES string of the molecule is CC(C)(C)OC(=O)N[C@H](Cc1ccccc1)C(=O)C1C(=O)OC(C)(C)OC1=O. The summed E-state index contributed by atoms with van der Waals surface area (Å²) < 4.78 is 15.2. The molecule has 0 radical (unpaired) electrons. The van der Waals surface area contributed by atoms with Crippen LogP contribution in [-0.2, 0) is 35.0 Å². The van der Waals surface area contributed by atoms with Crippen LogP contribution in [-0.4, -0.2) is 41.2 Å².